The van der Waals surface area contributed by atoms with Crippen molar-refractivity contribution in [1.29, 1.82) is 0 Å². The highest BCUT2D eigenvalue weighted by Gasteiger charge is 1.98. The standard InChI is InChI=1S/C11H17ClN2O/c12-9-4-5-10(13)11(8-9)14-6-2-1-3-7-15/h4-5,8,14-15H,1-3,6-7,13H2. The van der Waals surface area contributed by atoms with Gasteiger partial charge in [0.25, 0.3) is 0 Å². The van der Waals surface area contributed by atoms with Crippen LogP contribution >= 0.6 is 11.6 Å². The molecule has 4 heteroatoms. The normalized spacial score (nSPS) is 10.3. The second-order valence-electron chi connectivity index (χ2n) is 3.44. The van der Waals surface area contributed by atoms with Crippen molar-refractivity contribution in [1.82, 2.24) is 0 Å². The molecule has 0 amide bonds. The molecular weight excluding hydrogens is 212 g/mol. The fourth-order valence-electron chi connectivity index (χ4n) is 1.32. The van der Waals surface area contributed by atoms with E-state index in [4.69, 9.17) is 22.4 Å². The number of benzene rings is 1. The maximum absolute atomic E-state index is 8.61. The fourth-order valence-corrected chi connectivity index (χ4v) is 1.49. The van der Waals surface area contributed by atoms with Crippen molar-refractivity contribution in [2.24, 2.45) is 0 Å². The van der Waals surface area contributed by atoms with E-state index in [-0.39, 0.29) is 6.61 Å². The van der Waals surface area contributed by atoms with E-state index in [1.807, 2.05) is 6.07 Å². The van der Waals surface area contributed by atoms with E-state index in [1.165, 1.54) is 0 Å². The number of hydrogen-bond acceptors (Lipinski definition) is 3. The summed E-state index contributed by atoms with van der Waals surface area (Å²) in [6.07, 6.45) is 2.89. The minimum Gasteiger partial charge on any atom is -0.397 e. The van der Waals surface area contributed by atoms with Crippen molar-refractivity contribution >= 4 is 23.0 Å². The molecule has 1 aromatic rings. The molecular formula is C11H17ClN2O. The van der Waals surface area contributed by atoms with Gasteiger partial charge in [-0.3, -0.25) is 0 Å². The Labute approximate surface area is 95.2 Å². The largest absolute Gasteiger partial charge is 0.397 e. The van der Waals surface area contributed by atoms with Crippen molar-refractivity contribution < 1.29 is 5.11 Å². The minimum absolute atomic E-state index is 0.263. The lowest BCUT2D eigenvalue weighted by atomic mass is 10.2. The van der Waals surface area contributed by atoms with Gasteiger partial charge in [-0.15, -0.1) is 0 Å². The molecule has 3 nitrogen and oxygen atoms in total. The Morgan fingerprint density at radius 1 is 1.27 bits per heavy atom. The quantitative estimate of drug-likeness (QED) is 0.518. The molecule has 84 valence electrons. The van der Waals surface area contributed by atoms with Gasteiger partial charge in [0.2, 0.25) is 0 Å². The molecule has 0 saturated carbocycles. The molecule has 0 aliphatic heterocycles. The lowest BCUT2D eigenvalue weighted by Crippen LogP contribution is -2.04. The second kappa shape index (κ2) is 6.53. The zero-order chi connectivity index (χ0) is 11.1. The zero-order valence-electron chi connectivity index (χ0n) is 8.67. The lowest BCUT2D eigenvalue weighted by Gasteiger charge is -2.09. The molecule has 0 radical (unpaired) electrons. The smallest absolute Gasteiger partial charge is 0.0588 e. The van der Waals surface area contributed by atoms with Crippen LogP contribution in [0, 0.1) is 0 Å². The zero-order valence-corrected chi connectivity index (χ0v) is 9.43. The summed E-state index contributed by atoms with van der Waals surface area (Å²) in [6.45, 7) is 1.11. The fraction of sp³-hybridized carbons (Fsp3) is 0.455. The average Bonchev–Trinajstić information content (AvgIpc) is 2.23. The summed E-state index contributed by atoms with van der Waals surface area (Å²) in [4.78, 5) is 0. The third kappa shape index (κ3) is 4.40. The van der Waals surface area contributed by atoms with Crippen LogP contribution in [0.1, 0.15) is 19.3 Å². The summed E-state index contributed by atoms with van der Waals surface area (Å²) >= 11 is 5.85. The number of nitrogen functional groups attached to an aromatic ring is 1. The van der Waals surface area contributed by atoms with Crippen LogP contribution in [0.4, 0.5) is 11.4 Å². The van der Waals surface area contributed by atoms with Gasteiger partial charge in [0.15, 0.2) is 0 Å². The summed E-state index contributed by atoms with van der Waals surface area (Å²) in [7, 11) is 0. The van der Waals surface area contributed by atoms with Crippen molar-refractivity contribution in [3.05, 3.63) is 23.2 Å². The van der Waals surface area contributed by atoms with Gasteiger partial charge in [-0.2, -0.15) is 0 Å². The monoisotopic (exact) mass is 228 g/mol. The predicted molar refractivity (Wildman–Crippen MR) is 65.3 cm³/mol. The maximum Gasteiger partial charge on any atom is 0.0588 e. The summed E-state index contributed by atoms with van der Waals surface area (Å²) in [5.74, 6) is 0. The number of rotatable bonds is 6. The molecule has 0 unspecified atom stereocenters. The van der Waals surface area contributed by atoms with Gasteiger partial charge in [-0.1, -0.05) is 11.6 Å². The van der Waals surface area contributed by atoms with E-state index < -0.39 is 0 Å². The molecule has 15 heavy (non-hydrogen) atoms. The highest BCUT2D eigenvalue weighted by atomic mass is 35.5. The van der Waals surface area contributed by atoms with Gasteiger partial charge in [0, 0.05) is 18.2 Å². The van der Waals surface area contributed by atoms with E-state index in [0.717, 1.165) is 31.5 Å². The van der Waals surface area contributed by atoms with Crippen LogP contribution in [0.15, 0.2) is 18.2 Å². The molecule has 0 aliphatic rings. The topological polar surface area (TPSA) is 58.3 Å². The molecule has 0 saturated heterocycles. The van der Waals surface area contributed by atoms with Crippen LogP contribution in [0.2, 0.25) is 5.02 Å². The number of nitrogens with two attached hydrogens (primary N) is 1. The first-order valence-electron chi connectivity index (χ1n) is 5.14. The third-order valence-corrected chi connectivity index (χ3v) is 2.40. The Kier molecular flexibility index (Phi) is 5.29. The van der Waals surface area contributed by atoms with E-state index in [2.05, 4.69) is 5.32 Å². The average molecular weight is 229 g/mol. The molecule has 0 aliphatic carbocycles. The van der Waals surface area contributed by atoms with Crippen molar-refractivity contribution in [3.63, 3.8) is 0 Å². The highest BCUT2D eigenvalue weighted by Crippen LogP contribution is 2.22. The van der Waals surface area contributed by atoms with Gasteiger partial charge in [0.1, 0.15) is 0 Å². The molecule has 4 N–H and O–H groups in total. The van der Waals surface area contributed by atoms with Gasteiger partial charge in [-0.05, 0) is 37.5 Å². The Bertz CT molecular complexity index is 305. The minimum atomic E-state index is 0.263. The lowest BCUT2D eigenvalue weighted by molar-refractivity contribution is 0.283. The number of aliphatic hydroxyl groups is 1. The summed E-state index contributed by atoms with van der Waals surface area (Å²) in [6, 6.07) is 5.38. The van der Waals surface area contributed by atoms with Crippen LogP contribution in [0.5, 0.6) is 0 Å². The first-order chi connectivity index (χ1) is 7.24. The number of aliphatic hydroxyl groups excluding tert-OH is 1. The third-order valence-electron chi connectivity index (χ3n) is 2.17. The highest BCUT2D eigenvalue weighted by molar-refractivity contribution is 6.31. The maximum atomic E-state index is 8.61. The van der Waals surface area contributed by atoms with E-state index in [1.54, 1.807) is 12.1 Å². The van der Waals surface area contributed by atoms with Crippen molar-refractivity contribution in [3.8, 4) is 0 Å². The SMILES string of the molecule is Nc1ccc(Cl)cc1NCCCCCO. The van der Waals surface area contributed by atoms with Crippen LogP contribution in [-0.2, 0) is 0 Å². The summed E-state index contributed by atoms with van der Waals surface area (Å²) in [5.41, 5.74) is 7.36. The Morgan fingerprint density at radius 2 is 2.07 bits per heavy atom. The van der Waals surface area contributed by atoms with Crippen LogP contribution in [0.3, 0.4) is 0 Å². The molecule has 0 atom stereocenters. The Balaban J connectivity index is 2.33. The van der Waals surface area contributed by atoms with Gasteiger partial charge < -0.3 is 16.2 Å². The van der Waals surface area contributed by atoms with Crippen LogP contribution in [0.25, 0.3) is 0 Å². The molecule has 1 aromatic carbocycles. The molecule has 1 rings (SSSR count). The van der Waals surface area contributed by atoms with Crippen molar-refractivity contribution in [2.45, 2.75) is 19.3 Å². The Hall–Kier alpha value is -0.930. The number of anilines is 2. The van der Waals surface area contributed by atoms with Gasteiger partial charge in [0.05, 0.1) is 11.4 Å². The molecule has 0 heterocycles. The number of unbranched alkanes of at least 4 members (excludes halogenated alkanes) is 2. The molecule has 0 spiro atoms. The predicted octanol–water partition coefficient (Wildman–Crippen LogP) is 2.50. The Morgan fingerprint density at radius 3 is 2.80 bits per heavy atom. The summed E-state index contributed by atoms with van der Waals surface area (Å²) in [5, 5.41) is 12.5. The van der Waals surface area contributed by atoms with Crippen LogP contribution in [-0.4, -0.2) is 18.3 Å². The number of halogens is 1. The molecule has 0 bridgehead atoms. The van der Waals surface area contributed by atoms with Gasteiger partial charge in [-0.25, -0.2) is 0 Å². The van der Waals surface area contributed by atoms with Gasteiger partial charge >= 0.3 is 0 Å². The van der Waals surface area contributed by atoms with E-state index in [0.29, 0.717) is 10.7 Å². The molecule has 0 fully saturated rings. The first-order valence-corrected chi connectivity index (χ1v) is 5.51. The molecule has 0 aromatic heterocycles. The van der Waals surface area contributed by atoms with Crippen LogP contribution < -0.4 is 11.1 Å². The second-order valence-corrected chi connectivity index (χ2v) is 3.88. The van der Waals surface area contributed by atoms with E-state index >= 15 is 0 Å². The van der Waals surface area contributed by atoms with E-state index in [9.17, 15) is 0 Å². The summed E-state index contributed by atoms with van der Waals surface area (Å²) < 4.78 is 0. The van der Waals surface area contributed by atoms with Crippen molar-refractivity contribution in [2.75, 3.05) is 24.2 Å². The number of nitrogens with one attached hydrogen (secondary N) is 1. The number of hydrogen-bond donors (Lipinski definition) is 3. The first kappa shape index (κ1) is 12.1.